The van der Waals surface area contributed by atoms with Gasteiger partial charge in [-0.15, -0.1) is 5.70 Å². The van der Waals surface area contributed by atoms with E-state index in [1.54, 1.807) is 10.6 Å². The second-order valence-electron chi connectivity index (χ2n) is 8.34. The van der Waals surface area contributed by atoms with E-state index in [9.17, 15) is 14.0 Å². The molecule has 154 valence electrons. The molecule has 2 atom stereocenters. The molecule has 0 saturated heterocycles. The van der Waals surface area contributed by atoms with Crippen LogP contribution in [0.3, 0.4) is 0 Å². The normalized spacial score (nSPS) is 26.5. The number of rotatable bonds is 1. The first-order valence-corrected chi connectivity index (χ1v) is 10.2. The fourth-order valence-corrected chi connectivity index (χ4v) is 5.46. The molecule has 0 saturated carbocycles. The number of pyridine rings is 1. The Balaban J connectivity index is 1.56. The van der Waals surface area contributed by atoms with Crippen LogP contribution in [0, 0.1) is 0 Å². The lowest BCUT2D eigenvalue weighted by atomic mass is 9.74. The van der Waals surface area contributed by atoms with Gasteiger partial charge in [-0.1, -0.05) is 17.7 Å². The summed E-state index contributed by atoms with van der Waals surface area (Å²) in [5, 5.41) is 4.89. The zero-order valence-electron chi connectivity index (χ0n) is 16.8. The summed E-state index contributed by atoms with van der Waals surface area (Å²) in [6.07, 6.45) is 3.37. The van der Waals surface area contributed by atoms with Crippen LogP contribution in [0.5, 0.6) is 0 Å². The SMILES string of the molecule is CO[C@@H]1C(=O)OCc2c1cc1n(c2=O)CC2=C1[N-]C1C=C(F)C(C)=C3CCCC2=C31. The summed E-state index contributed by atoms with van der Waals surface area (Å²) >= 11 is 0. The first-order chi connectivity index (χ1) is 14.5. The van der Waals surface area contributed by atoms with Crippen molar-refractivity contribution in [2.24, 2.45) is 0 Å². The molecule has 0 fully saturated rings. The van der Waals surface area contributed by atoms with Gasteiger partial charge in [0.05, 0.1) is 12.1 Å². The Labute approximate surface area is 172 Å². The van der Waals surface area contributed by atoms with Crippen molar-refractivity contribution in [3.05, 3.63) is 78.3 Å². The second-order valence-corrected chi connectivity index (χ2v) is 8.34. The number of cyclic esters (lactones) is 1. The topological polar surface area (TPSA) is 71.6 Å². The average Bonchev–Trinajstić information content (AvgIpc) is 3.11. The molecule has 4 heterocycles. The van der Waals surface area contributed by atoms with Gasteiger partial charge >= 0.3 is 5.97 Å². The lowest BCUT2D eigenvalue weighted by Crippen LogP contribution is -2.33. The Morgan fingerprint density at radius 3 is 2.83 bits per heavy atom. The maximum Gasteiger partial charge on any atom is 0.340 e. The molecule has 0 radical (unpaired) electrons. The highest BCUT2D eigenvalue weighted by Gasteiger charge is 2.37. The number of carbonyl (C=O) groups is 1. The Hall–Kier alpha value is -2.93. The monoisotopic (exact) mass is 407 g/mol. The van der Waals surface area contributed by atoms with Crippen molar-refractivity contribution < 1.29 is 18.7 Å². The smallest absolute Gasteiger partial charge is 0.340 e. The van der Waals surface area contributed by atoms with E-state index in [0.717, 1.165) is 41.7 Å². The molecule has 3 aliphatic heterocycles. The summed E-state index contributed by atoms with van der Waals surface area (Å²) in [5.74, 6) is -0.710. The standard InChI is InChI=1S/C23H20FN2O4/c1-10-11-4-3-5-12-14-8-26-18(20(14)25-17(19(11)12)7-16(10)24)6-13-15(22(26)27)9-30-23(28)21(13)29-2/h6-7,17,21H,3-5,8-9H2,1-2H3/q-1/t17?,21-/m0/s1. The fraction of sp³-hybridized carbons (Fsp3) is 0.391. The number of halogens is 1. The van der Waals surface area contributed by atoms with Crippen LogP contribution < -0.4 is 5.56 Å². The van der Waals surface area contributed by atoms with E-state index in [-0.39, 0.29) is 24.0 Å². The van der Waals surface area contributed by atoms with E-state index in [1.807, 2.05) is 13.0 Å². The number of aromatic nitrogens is 1. The first-order valence-electron chi connectivity index (χ1n) is 10.2. The number of hydrogen-bond acceptors (Lipinski definition) is 4. The largest absolute Gasteiger partial charge is 0.673 e. The van der Waals surface area contributed by atoms with Gasteiger partial charge in [0, 0.05) is 18.4 Å². The number of nitrogens with zero attached hydrogens (tertiary/aromatic N) is 2. The van der Waals surface area contributed by atoms with E-state index in [4.69, 9.17) is 14.8 Å². The van der Waals surface area contributed by atoms with Gasteiger partial charge in [0.15, 0.2) is 6.10 Å². The van der Waals surface area contributed by atoms with Crippen LogP contribution in [0.1, 0.15) is 49.1 Å². The minimum absolute atomic E-state index is 0.0500. The van der Waals surface area contributed by atoms with Gasteiger partial charge in [0.2, 0.25) is 0 Å². The molecule has 1 aromatic rings. The maximum absolute atomic E-state index is 14.6. The lowest BCUT2D eigenvalue weighted by molar-refractivity contribution is -0.159. The van der Waals surface area contributed by atoms with Gasteiger partial charge in [0.25, 0.3) is 5.56 Å². The molecule has 1 unspecified atom stereocenters. The minimum Gasteiger partial charge on any atom is -0.673 e. The van der Waals surface area contributed by atoms with Crippen molar-refractivity contribution >= 4 is 11.7 Å². The summed E-state index contributed by atoms with van der Waals surface area (Å²) in [6, 6.07) is 1.47. The molecule has 6 nitrogen and oxygen atoms in total. The molecule has 0 aromatic carbocycles. The van der Waals surface area contributed by atoms with Crippen LogP contribution in [-0.4, -0.2) is 23.7 Å². The van der Waals surface area contributed by atoms with Gasteiger partial charge in [-0.2, -0.15) is 0 Å². The van der Waals surface area contributed by atoms with Crippen LogP contribution in [0.4, 0.5) is 4.39 Å². The van der Waals surface area contributed by atoms with Crippen molar-refractivity contribution in [3.63, 3.8) is 0 Å². The van der Waals surface area contributed by atoms with Gasteiger partial charge in [-0.25, -0.2) is 9.18 Å². The van der Waals surface area contributed by atoms with E-state index >= 15 is 0 Å². The zero-order chi connectivity index (χ0) is 20.7. The van der Waals surface area contributed by atoms with Crippen LogP contribution in [0.15, 0.2) is 50.6 Å². The summed E-state index contributed by atoms with van der Waals surface area (Å²) < 4.78 is 26.8. The van der Waals surface area contributed by atoms with Crippen LogP contribution in [0.25, 0.3) is 11.0 Å². The zero-order valence-corrected chi connectivity index (χ0v) is 16.8. The number of esters is 1. The minimum atomic E-state index is -0.922. The molecule has 7 heteroatoms. The lowest BCUT2D eigenvalue weighted by Gasteiger charge is -2.46. The highest BCUT2D eigenvalue weighted by Crippen LogP contribution is 2.52. The predicted molar refractivity (Wildman–Crippen MR) is 107 cm³/mol. The van der Waals surface area contributed by atoms with E-state index in [1.165, 1.54) is 12.7 Å². The number of allylic oxidation sites excluding steroid dienone is 4. The third-order valence-corrected chi connectivity index (χ3v) is 6.92. The van der Waals surface area contributed by atoms with E-state index < -0.39 is 12.1 Å². The number of ether oxygens (including phenoxy) is 2. The third kappa shape index (κ3) is 2.16. The Morgan fingerprint density at radius 2 is 2.03 bits per heavy atom. The molecule has 1 aromatic heterocycles. The third-order valence-electron chi connectivity index (χ3n) is 6.92. The van der Waals surface area contributed by atoms with E-state index in [0.29, 0.717) is 28.9 Å². The Kier molecular flexibility index (Phi) is 3.60. The highest BCUT2D eigenvalue weighted by atomic mass is 19.1. The Morgan fingerprint density at radius 1 is 1.23 bits per heavy atom. The maximum atomic E-state index is 14.6. The van der Waals surface area contributed by atoms with Gasteiger partial charge in [-0.05, 0) is 54.5 Å². The van der Waals surface area contributed by atoms with Gasteiger partial charge in [0.1, 0.15) is 12.4 Å². The van der Waals surface area contributed by atoms with Crippen molar-refractivity contribution in [1.29, 1.82) is 0 Å². The summed E-state index contributed by atoms with van der Waals surface area (Å²) in [7, 11) is 1.42. The highest BCUT2D eigenvalue weighted by molar-refractivity contribution is 5.88. The fourth-order valence-electron chi connectivity index (χ4n) is 5.46. The molecule has 0 bridgehead atoms. The summed E-state index contributed by atoms with van der Waals surface area (Å²) in [6.45, 7) is 2.22. The van der Waals surface area contributed by atoms with Crippen LogP contribution in [-0.2, 0) is 27.4 Å². The quantitative estimate of drug-likeness (QED) is 0.665. The van der Waals surface area contributed by atoms with Gasteiger partial charge in [-0.3, -0.25) is 4.79 Å². The van der Waals surface area contributed by atoms with E-state index in [2.05, 4.69) is 0 Å². The average molecular weight is 407 g/mol. The second kappa shape index (κ2) is 6.04. The number of carbonyl (C=O) groups excluding carboxylic acids is 1. The molecule has 6 rings (SSSR count). The number of methoxy groups -OCH3 is 1. The summed E-state index contributed by atoms with van der Waals surface area (Å²) in [5.41, 5.74) is 7.36. The van der Waals surface area contributed by atoms with Crippen molar-refractivity contribution in [3.8, 4) is 0 Å². The molecule has 30 heavy (non-hydrogen) atoms. The molecule has 2 aliphatic carbocycles. The Bertz CT molecular complexity index is 1230. The molecular weight excluding hydrogens is 387 g/mol. The molecule has 0 N–H and O–H groups in total. The number of hydrogen-bond donors (Lipinski definition) is 0. The van der Waals surface area contributed by atoms with Crippen molar-refractivity contribution in [1.82, 2.24) is 4.57 Å². The number of fused-ring (bicyclic) bond motifs is 4. The molecule has 0 amide bonds. The molecular formula is C23H20FN2O4-. The molecule has 5 aliphatic rings. The van der Waals surface area contributed by atoms with Crippen LogP contribution >= 0.6 is 0 Å². The van der Waals surface area contributed by atoms with Crippen molar-refractivity contribution in [2.75, 3.05) is 7.11 Å². The molecule has 0 spiro atoms. The predicted octanol–water partition coefficient (Wildman–Crippen LogP) is 3.74. The van der Waals surface area contributed by atoms with Crippen molar-refractivity contribution in [2.45, 2.75) is 51.5 Å². The summed E-state index contributed by atoms with van der Waals surface area (Å²) in [4.78, 5) is 25.4. The van der Waals surface area contributed by atoms with Gasteiger partial charge < -0.3 is 19.4 Å². The first kappa shape index (κ1) is 17.9. The van der Waals surface area contributed by atoms with Crippen LogP contribution in [0.2, 0.25) is 0 Å².